The highest BCUT2D eigenvalue weighted by Crippen LogP contribution is 2.36. The molecule has 114 valence electrons. The van der Waals surface area contributed by atoms with Gasteiger partial charge in [0.05, 0.1) is 38.6 Å². The van der Waals surface area contributed by atoms with E-state index < -0.39 is 0 Å². The van der Waals surface area contributed by atoms with Crippen LogP contribution in [0.25, 0.3) is 0 Å². The second kappa shape index (κ2) is 7.02. The lowest BCUT2D eigenvalue weighted by atomic mass is 9.78. The molecule has 0 aliphatic carbocycles. The van der Waals surface area contributed by atoms with Crippen molar-refractivity contribution in [2.75, 3.05) is 33.5 Å². The Morgan fingerprint density at radius 3 is 1.47 bits per heavy atom. The molecule has 0 bridgehead atoms. The first-order chi connectivity index (χ1) is 8.96. The molecule has 0 radical (unpaired) electrons. The summed E-state index contributed by atoms with van der Waals surface area (Å²) in [5.74, 6) is 0. The number of aliphatic hydroxyl groups excluding tert-OH is 1. The molecule has 2 fully saturated rings. The maximum atomic E-state index is 9.24. The Kier molecular flexibility index (Phi) is 6.24. The molecule has 2 unspecified atom stereocenters. The van der Waals surface area contributed by atoms with Crippen LogP contribution >= 0.6 is 0 Å². The van der Waals surface area contributed by atoms with Crippen molar-refractivity contribution in [3.05, 3.63) is 0 Å². The van der Waals surface area contributed by atoms with Crippen LogP contribution in [0.1, 0.15) is 40.5 Å². The summed E-state index contributed by atoms with van der Waals surface area (Å²) in [7, 11) is 1.76. The zero-order valence-corrected chi connectivity index (χ0v) is 13.1. The van der Waals surface area contributed by atoms with E-state index in [0.717, 1.165) is 39.3 Å². The third kappa shape index (κ3) is 3.48. The van der Waals surface area contributed by atoms with Gasteiger partial charge in [-0.05, 0) is 26.7 Å². The molecule has 4 heteroatoms. The Bertz CT molecular complexity index is 246. The van der Waals surface area contributed by atoms with Crippen molar-refractivity contribution in [1.29, 1.82) is 0 Å². The Morgan fingerprint density at radius 1 is 1.00 bits per heavy atom. The lowest BCUT2D eigenvalue weighted by molar-refractivity contribution is -0.176. The van der Waals surface area contributed by atoms with Crippen molar-refractivity contribution in [3.8, 4) is 0 Å². The molecule has 2 rings (SSSR count). The zero-order valence-electron chi connectivity index (χ0n) is 13.1. The van der Waals surface area contributed by atoms with Gasteiger partial charge in [0.2, 0.25) is 0 Å². The zero-order chi connectivity index (χ0) is 14.5. The maximum Gasteiger partial charge on any atom is 0.0643 e. The van der Waals surface area contributed by atoms with Crippen LogP contribution in [0.5, 0.6) is 0 Å². The Hall–Kier alpha value is -0.160. The first-order valence-corrected chi connectivity index (χ1v) is 7.32. The Morgan fingerprint density at radius 2 is 1.42 bits per heavy atom. The topological polar surface area (TPSA) is 47.9 Å². The fraction of sp³-hybridized carbons (Fsp3) is 1.00. The number of rotatable bonds is 5. The molecule has 2 aliphatic heterocycles. The number of methoxy groups -OCH3 is 1. The Balaban J connectivity index is 0.000000191. The van der Waals surface area contributed by atoms with Crippen molar-refractivity contribution in [2.24, 2.45) is 10.8 Å². The number of hydrogen-bond acceptors (Lipinski definition) is 4. The third-order valence-corrected chi connectivity index (χ3v) is 5.07. The lowest BCUT2D eigenvalue weighted by Gasteiger charge is -2.44. The SMILES string of the molecule is CCC1(C(C)O)COC1.CCC1(C(C)OC)COC1. The van der Waals surface area contributed by atoms with E-state index in [9.17, 15) is 5.11 Å². The average molecular weight is 274 g/mol. The molecule has 2 heterocycles. The molecule has 2 atom stereocenters. The predicted octanol–water partition coefficient (Wildman–Crippen LogP) is 2.24. The van der Waals surface area contributed by atoms with Crippen molar-refractivity contribution >= 4 is 0 Å². The lowest BCUT2D eigenvalue weighted by Crippen LogP contribution is -2.50. The number of hydrogen-bond donors (Lipinski definition) is 1. The van der Waals surface area contributed by atoms with Crippen LogP contribution < -0.4 is 0 Å². The Labute approximate surface area is 117 Å². The molecule has 2 saturated heterocycles. The van der Waals surface area contributed by atoms with Gasteiger partial charge in [-0.15, -0.1) is 0 Å². The van der Waals surface area contributed by atoms with E-state index in [1.807, 2.05) is 6.92 Å². The molecule has 2 aliphatic rings. The molecule has 4 nitrogen and oxygen atoms in total. The number of ether oxygens (including phenoxy) is 3. The minimum Gasteiger partial charge on any atom is -0.393 e. The molecule has 0 aromatic carbocycles. The van der Waals surface area contributed by atoms with Crippen LogP contribution in [-0.2, 0) is 14.2 Å². The molecule has 19 heavy (non-hydrogen) atoms. The van der Waals surface area contributed by atoms with Gasteiger partial charge in [-0.1, -0.05) is 13.8 Å². The minimum absolute atomic E-state index is 0.0972. The average Bonchev–Trinajstić information content (AvgIpc) is 2.27. The molecule has 0 aromatic rings. The van der Waals surface area contributed by atoms with Crippen LogP contribution in [0.15, 0.2) is 0 Å². The fourth-order valence-corrected chi connectivity index (χ4v) is 2.45. The molecule has 0 aromatic heterocycles. The van der Waals surface area contributed by atoms with E-state index in [1.54, 1.807) is 7.11 Å². The van der Waals surface area contributed by atoms with Crippen LogP contribution in [0.2, 0.25) is 0 Å². The van der Waals surface area contributed by atoms with Crippen molar-refractivity contribution < 1.29 is 19.3 Å². The van der Waals surface area contributed by atoms with Gasteiger partial charge in [0.25, 0.3) is 0 Å². The normalized spacial score (nSPS) is 26.2. The third-order valence-electron chi connectivity index (χ3n) is 5.07. The van der Waals surface area contributed by atoms with Gasteiger partial charge in [-0.25, -0.2) is 0 Å². The van der Waals surface area contributed by atoms with Gasteiger partial charge in [-0.2, -0.15) is 0 Å². The fourth-order valence-electron chi connectivity index (χ4n) is 2.45. The van der Waals surface area contributed by atoms with Gasteiger partial charge < -0.3 is 19.3 Å². The highest BCUT2D eigenvalue weighted by molar-refractivity contribution is 4.89. The van der Waals surface area contributed by atoms with Gasteiger partial charge >= 0.3 is 0 Å². The minimum atomic E-state index is -0.212. The quantitative estimate of drug-likeness (QED) is 0.835. The summed E-state index contributed by atoms with van der Waals surface area (Å²) in [6.07, 6.45) is 2.30. The number of aliphatic hydroxyl groups is 1. The van der Waals surface area contributed by atoms with E-state index in [0.29, 0.717) is 11.5 Å². The van der Waals surface area contributed by atoms with Crippen LogP contribution in [0.3, 0.4) is 0 Å². The van der Waals surface area contributed by atoms with Gasteiger partial charge in [0.1, 0.15) is 0 Å². The molecular formula is C15H30O4. The van der Waals surface area contributed by atoms with E-state index in [4.69, 9.17) is 14.2 Å². The van der Waals surface area contributed by atoms with Gasteiger partial charge in [-0.3, -0.25) is 0 Å². The second-order valence-electron chi connectivity index (χ2n) is 5.97. The predicted molar refractivity (Wildman–Crippen MR) is 75.2 cm³/mol. The van der Waals surface area contributed by atoms with E-state index in [-0.39, 0.29) is 11.5 Å². The van der Waals surface area contributed by atoms with E-state index in [2.05, 4.69) is 20.8 Å². The summed E-state index contributed by atoms with van der Waals surface area (Å²) in [5, 5.41) is 9.24. The summed E-state index contributed by atoms with van der Waals surface area (Å²) in [6, 6.07) is 0. The molecule has 0 spiro atoms. The summed E-state index contributed by atoms with van der Waals surface area (Å²) < 4.78 is 15.5. The first kappa shape index (κ1) is 16.9. The summed E-state index contributed by atoms with van der Waals surface area (Å²) in [4.78, 5) is 0. The van der Waals surface area contributed by atoms with Crippen LogP contribution in [-0.4, -0.2) is 50.9 Å². The monoisotopic (exact) mass is 274 g/mol. The second-order valence-corrected chi connectivity index (χ2v) is 5.97. The molecule has 1 N–H and O–H groups in total. The highest BCUT2D eigenvalue weighted by atomic mass is 16.5. The highest BCUT2D eigenvalue weighted by Gasteiger charge is 2.42. The summed E-state index contributed by atoms with van der Waals surface area (Å²) in [5.41, 5.74) is 0.425. The standard InChI is InChI=1S/C8H16O2.C7H14O2/c1-4-8(5-10-6-8)7(2)9-3;1-3-7(6(2)8)4-9-5-7/h7H,4-6H2,1-3H3;6,8H,3-5H2,1-2H3. The van der Waals surface area contributed by atoms with Crippen molar-refractivity contribution in [2.45, 2.75) is 52.7 Å². The van der Waals surface area contributed by atoms with E-state index in [1.165, 1.54) is 0 Å². The molecule has 0 amide bonds. The summed E-state index contributed by atoms with van der Waals surface area (Å²) in [6.45, 7) is 11.5. The van der Waals surface area contributed by atoms with Gasteiger partial charge in [0.15, 0.2) is 0 Å². The van der Waals surface area contributed by atoms with Gasteiger partial charge in [0, 0.05) is 17.9 Å². The first-order valence-electron chi connectivity index (χ1n) is 7.32. The largest absolute Gasteiger partial charge is 0.393 e. The van der Waals surface area contributed by atoms with E-state index >= 15 is 0 Å². The molecule has 0 saturated carbocycles. The summed E-state index contributed by atoms with van der Waals surface area (Å²) >= 11 is 0. The maximum absolute atomic E-state index is 9.24. The van der Waals surface area contributed by atoms with Crippen molar-refractivity contribution in [3.63, 3.8) is 0 Å². The molecular weight excluding hydrogens is 244 g/mol. The smallest absolute Gasteiger partial charge is 0.0643 e. The van der Waals surface area contributed by atoms with Crippen molar-refractivity contribution in [1.82, 2.24) is 0 Å². The van der Waals surface area contributed by atoms with Crippen LogP contribution in [0.4, 0.5) is 0 Å². The van der Waals surface area contributed by atoms with Crippen LogP contribution in [0, 0.1) is 10.8 Å².